The van der Waals surface area contributed by atoms with Crippen molar-refractivity contribution in [3.8, 4) is 22.8 Å². The van der Waals surface area contributed by atoms with Gasteiger partial charge in [0.05, 0.1) is 11.8 Å². The van der Waals surface area contributed by atoms with Crippen molar-refractivity contribution in [2.45, 2.75) is 13.5 Å². The van der Waals surface area contributed by atoms with Crippen LogP contribution < -0.4 is 10.1 Å². The van der Waals surface area contributed by atoms with Gasteiger partial charge in [0.25, 0.3) is 5.91 Å². The van der Waals surface area contributed by atoms with Crippen LogP contribution >= 0.6 is 0 Å². The molecule has 0 aliphatic carbocycles. The fourth-order valence-electron chi connectivity index (χ4n) is 3.67. The molecule has 6 heteroatoms. The monoisotopic (exact) mass is 435 g/mol. The summed E-state index contributed by atoms with van der Waals surface area (Å²) in [7, 11) is 0. The van der Waals surface area contributed by atoms with Gasteiger partial charge in [-0.15, -0.1) is 0 Å². The quantitative estimate of drug-likeness (QED) is 0.358. The maximum atomic E-state index is 12.8. The molecule has 0 spiro atoms. The van der Waals surface area contributed by atoms with Crippen LogP contribution in [-0.2, 0) is 6.54 Å². The Morgan fingerprint density at radius 1 is 0.970 bits per heavy atom. The number of fused-ring (bicyclic) bond motifs is 1. The molecule has 3 heterocycles. The van der Waals surface area contributed by atoms with Crippen molar-refractivity contribution in [2.24, 2.45) is 0 Å². The SMILES string of the molecule is Cc1c(Oc2ccnc3cc(-c4ccco4)ccc23)cccc1C(=O)NCc1ccncc1. The van der Waals surface area contributed by atoms with E-state index in [0.717, 1.165) is 33.4 Å². The van der Waals surface area contributed by atoms with Crippen LogP contribution in [0.1, 0.15) is 21.5 Å². The molecule has 2 aromatic carbocycles. The Bertz CT molecular complexity index is 1410. The molecule has 0 fully saturated rings. The Morgan fingerprint density at radius 2 is 1.85 bits per heavy atom. The largest absolute Gasteiger partial charge is 0.464 e. The molecular formula is C27H21N3O3. The molecule has 0 bridgehead atoms. The highest BCUT2D eigenvalue weighted by Crippen LogP contribution is 2.33. The second-order valence-corrected chi connectivity index (χ2v) is 7.59. The zero-order chi connectivity index (χ0) is 22.6. The highest BCUT2D eigenvalue weighted by Gasteiger charge is 2.14. The van der Waals surface area contributed by atoms with Crippen molar-refractivity contribution in [2.75, 3.05) is 0 Å². The Morgan fingerprint density at radius 3 is 2.67 bits per heavy atom. The first kappa shape index (κ1) is 20.5. The number of furan rings is 1. The van der Waals surface area contributed by atoms with Crippen LogP contribution in [0.25, 0.3) is 22.2 Å². The van der Waals surface area contributed by atoms with E-state index in [-0.39, 0.29) is 5.91 Å². The molecule has 0 aliphatic rings. The lowest BCUT2D eigenvalue weighted by Gasteiger charge is -2.14. The normalized spacial score (nSPS) is 10.8. The van der Waals surface area contributed by atoms with Gasteiger partial charge in [0.1, 0.15) is 17.3 Å². The van der Waals surface area contributed by atoms with E-state index in [1.54, 1.807) is 30.9 Å². The van der Waals surface area contributed by atoms with Crippen LogP contribution in [0.4, 0.5) is 0 Å². The summed E-state index contributed by atoms with van der Waals surface area (Å²) in [6.07, 6.45) is 6.77. The zero-order valence-corrected chi connectivity index (χ0v) is 18.0. The van der Waals surface area contributed by atoms with Crippen LogP contribution in [0, 0.1) is 6.92 Å². The number of nitrogens with zero attached hydrogens (tertiary/aromatic N) is 2. The second-order valence-electron chi connectivity index (χ2n) is 7.59. The molecule has 6 nitrogen and oxygen atoms in total. The zero-order valence-electron chi connectivity index (χ0n) is 18.0. The van der Waals surface area contributed by atoms with Crippen molar-refractivity contribution in [1.82, 2.24) is 15.3 Å². The maximum absolute atomic E-state index is 12.8. The van der Waals surface area contributed by atoms with E-state index < -0.39 is 0 Å². The number of benzene rings is 2. The first-order chi connectivity index (χ1) is 16.2. The van der Waals surface area contributed by atoms with Crippen LogP contribution in [-0.4, -0.2) is 15.9 Å². The van der Waals surface area contributed by atoms with Gasteiger partial charge in [-0.1, -0.05) is 12.1 Å². The molecule has 0 saturated carbocycles. The minimum Gasteiger partial charge on any atom is -0.464 e. The van der Waals surface area contributed by atoms with Crippen molar-refractivity contribution < 1.29 is 13.9 Å². The number of hydrogen-bond acceptors (Lipinski definition) is 5. The van der Waals surface area contributed by atoms with Crippen molar-refractivity contribution in [1.29, 1.82) is 0 Å². The summed E-state index contributed by atoms with van der Waals surface area (Å²) in [6.45, 7) is 2.31. The first-order valence-electron chi connectivity index (χ1n) is 10.6. The summed E-state index contributed by atoms with van der Waals surface area (Å²) < 4.78 is 11.7. The van der Waals surface area contributed by atoms with E-state index in [0.29, 0.717) is 23.6 Å². The van der Waals surface area contributed by atoms with E-state index in [1.165, 1.54) is 0 Å². The molecule has 5 rings (SSSR count). The number of hydrogen-bond donors (Lipinski definition) is 1. The maximum Gasteiger partial charge on any atom is 0.251 e. The van der Waals surface area contributed by atoms with Gasteiger partial charge >= 0.3 is 0 Å². The standard InChI is InChI=1S/C27H21N3O3/c1-18-21(27(31)30-17-19-9-12-28-13-10-19)4-2-5-24(18)33-26-11-14-29-23-16-20(7-8-22(23)26)25-6-3-15-32-25/h2-16H,17H2,1H3,(H,30,31). The van der Waals surface area contributed by atoms with Gasteiger partial charge < -0.3 is 14.5 Å². The number of ether oxygens (including phenoxy) is 1. The van der Waals surface area contributed by atoms with Crippen LogP contribution in [0.2, 0.25) is 0 Å². The predicted molar refractivity (Wildman–Crippen MR) is 126 cm³/mol. The second kappa shape index (κ2) is 8.96. The summed E-state index contributed by atoms with van der Waals surface area (Å²) in [5.74, 6) is 1.92. The summed E-state index contributed by atoms with van der Waals surface area (Å²) >= 11 is 0. The molecule has 0 saturated heterocycles. The van der Waals surface area contributed by atoms with Crippen molar-refractivity contribution >= 4 is 16.8 Å². The highest BCUT2D eigenvalue weighted by atomic mass is 16.5. The molecule has 0 aliphatic heterocycles. The van der Waals surface area contributed by atoms with Crippen LogP contribution in [0.3, 0.4) is 0 Å². The third-order valence-corrected chi connectivity index (χ3v) is 5.46. The summed E-state index contributed by atoms with van der Waals surface area (Å²) in [6, 6.07) is 20.7. The molecule has 162 valence electrons. The lowest BCUT2D eigenvalue weighted by Crippen LogP contribution is -2.23. The Kier molecular flexibility index (Phi) is 5.55. The van der Waals surface area contributed by atoms with Crippen molar-refractivity contribution in [3.63, 3.8) is 0 Å². The van der Waals surface area contributed by atoms with Gasteiger partial charge in [-0.05, 0) is 67.1 Å². The molecule has 0 radical (unpaired) electrons. The molecule has 1 N–H and O–H groups in total. The fraction of sp³-hybridized carbons (Fsp3) is 0.0741. The lowest BCUT2D eigenvalue weighted by molar-refractivity contribution is 0.0950. The number of aromatic nitrogens is 2. The van der Waals surface area contributed by atoms with Gasteiger partial charge in [0.15, 0.2) is 0 Å². The molecule has 3 aromatic heterocycles. The van der Waals surface area contributed by atoms with Gasteiger partial charge in [0.2, 0.25) is 0 Å². The summed E-state index contributed by atoms with van der Waals surface area (Å²) in [5, 5.41) is 3.83. The predicted octanol–water partition coefficient (Wildman–Crippen LogP) is 5.92. The third-order valence-electron chi connectivity index (χ3n) is 5.46. The minimum absolute atomic E-state index is 0.155. The lowest BCUT2D eigenvalue weighted by atomic mass is 10.1. The average Bonchev–Trinajstić information content (AvgIpc) is 3.39. The highest BCUT2D eigenvalue weighted by molar-refractivity contribution is 5.96. The Hall–Kier alpha value is -4.45. The van der Waals surface area contributed by atoms with Gasteiger partial charge in [-0.3, -0.25) is 14.8 Å². The smallest absolute Gasteiger partial charge is 0.251 e. The van der Waals surface area contributed by atoms with Gasteiger partial charge in [-0.25, -0.2) is 0 Å². The number of amides is 1. The van der Waals surface area contributed by atoms with E-state index in [9.17, 15) is 4.79 Å². The summed E-state index contributed by atoms with van der Waals surface area (Å²) in [5.41, 5.74) is 4.06. The number of pyridine rings is 2. The van der Waals surface area contributed by atoms with Gasteiger partial charge in [0, 0.05) is 47.2 Å². The number of carbonyl (C=O) groups is 1. The Balaban J connectivity index is 1.40. The first-order valence-corrected chi connectivity index (χ1v) is 10.6. The molecule has 1 amide bonds. The molecule has 0 atom stereocenters. The van der Waals surface area contributed by atoms with Gasteiger partial charge in [-0.2, -0.15) is 0 Å². The number of nitrogens with one attached hydrogen (secondary N) is 1. The van der Waals surface area contributed by atoms with E-state index in [4.69, 9.17) is 9.15 Å². The van der Waals surface area contributed by atoms with E-state index in [2.05, 4.69) is 15.3 Å². The van der Waals surface area contributed by atoms with E-state index >= 15 is 0 Å². The summed E-state index contributed by atoms with van der Waals surface area (Å²) in [4.78, 5) is 21.3. The molecular weight excluding hydrogens is 414 g/mol. The third kappa shape index (κ3) is 4.32. The number of rotatable bonds is 6. The average molecular weight is 435 g/mol. The minimum atomic E-state index is -0.155. The van der Waals surface area contributed by atoms with Crippen LogP contribution in [0.15, 0.2) is 96.0 Å². The van der Waals surface area contributed by atoms with Crippen molar-refractivity contribution in [3.05, 3.63) is 108 Å². The number of carbonyl (C=O) groups excluding carboxylic acids is 1. The van der Waals surface area contributed by atoms with E-state index in [1.807, 2.05) is 67.6 Å². The Labute approximate surface area is 190 Å². The fourth-order valence-corrected chi connectivity index (χ4v) is 3.67. The molecule has 0 unspecified atom stereocenters. The van der Waals surface area contributed by atoms with Crippen LogP contribution in [0.5, 0.6) is 11.5 Å². The topological polar surface area (TPSA) is 77.2 Å². The molecule has 33 heavy (non-hydrogen) atoms. The molecule has 5 aromatic rings.